The normalized spacial score (nSPS) is 10.0. The van der Waals surface area contributed by atoms with Gasteiger partial charge in [-0.15, -0.1) is 0 Å². The van der Waals surface area contributed by atoms with Gasteiger partial charge in [-0.25, -0.2) is 0 Å². The number of nitriles is 1. The smallest absolute Gasteiger partial charge is 0.198 e. The lowest BCUT2D eigenvalue weighted by molar-refractivity contribution is 0.566. The first kappa shape index (κ1) is 16.2. The van der Waals surface area contributed by atoms with Crippen LogP contribution in [0.5, 0.6) is 5.75 Å². The van der Waals surface area contributed by atoms with Crippen LogP contribution in [0.2, 0.25) is 0 Å². The predicted octanol–water partition coefficient (Wildman–Crippen LogP) is 5.05. The number of thiocarbonyl (C=S) groups is 1. The molecule has 3 heteroatoms. The Morgan fingerprint density at radius 2 is 1.73 bits per heavy atom. The second-order valence-electron chi connectivity index (χ2n) is 5.18. The van der Waals surface area contributed by atoms with Crippen molar-refractivity contribution in [1.29, 1.82) is 5.26 Å². The van der Waals surface area contributed by atoms with Crippen molar-refractivity contribution in [3.8, 4) is 11.8 Å². The fourth-order valence-corrected chi connectivity index (χ4v) is 2.38. The van der Waals surface area contributed by atoms with E-state index in [0.717, 1.165) is 12.0 Å². The van der Waals surface area contributed by atoms with Crippen LogP contribution in [0.1, 0.15) is 42.9 Å². The van der Waals surface area contributed by atoms with Gasteiger partial charge in [-0.2, -0.15) is 5.26 Å². The van der Waals surface area contributed by atoms with Crippen LogP contribution < -0.4 is 4.74 Å². The van der Waals surface area contributed by atoms with Crippen LogP contribution in [0.4, 0.5) is 0 Å². The molecule has 0 aliphatic carbocycles. The zero-order valence-corrected chi connectivity index (χ0v) is 13.5. The van der Waals surface area contributed by atoms with Crippen LogP contribution >= 0.6 is 12.2 Å². The first-order valence-corrected chi connectivity index (χ1v) is 7.95. The molecule has 112 valence electrons. The molecule has 0 fully saturated rings. The number of hydrogen-bond donors (Lipinski definition) is 0. The Morgan fingerprint density at radius 1 is 1.05 bits per heavy atom. The molecule has 0 spiro atoms. The minimum atomic E-state index is 0.449. The molecule has 0 unspecified atom stereocenters. The molecule has 0 aromatic heterocycles. The fraction of sp³-hybridized carbons (Fsp3) is 0.263. The van der Waals surface area contributed by atoms with Crippen LogP contribution in [-0.4, -0.2) is 5.05 Å². The molecule has 0 aliphatic rings. The number of nitrogens with zero attached hydrogens (tertiary/aromatic N) is 1. The third-order valence-electron chi connectivity index (χ3n) is 3.45. The number of ether oxygens (including phenoxy) is 1. The van der Waals surface area contributed by atoms with E-state index in [1.807, 2.05) is 12.1 Å². The van der Waals surface area contributed by atoms with Gasteiger partial charge in [-0.3, -0.25) is 0 Å². The molecule has 0 radical (unpaired) electrons. The lowest BCUT2D eigenvalue weighted by Crippen LogP contribution is -2.07. The molecule has 2 nitrogen and oxygen atoms in total. The summed E-state index contributed by atoms with van der Waals surface area (Å²) in [6, 6.07) is 17.3. The van der Waals surface area contributed by atoms with E-state index in [4.69, 9.17) is 22.2 Å². The van der Waals surface area contributed by atoms with Crippen molar-refractivity contribution < 1.29 is 4.74 Å². The van der Waals surface area contributed by atoms with Gasteiger partial charge in [0.2, 0.25) is 0 Å². The van der Waals surface area contributed by atoms with Gasteiger partial charge in [0.1, 0.15) is 5.75 Å². The van der Waals surface area contributed by atoms with E-state index in [1.165, 1.54) is 24.8 Å². The first-order valence-electron chi connectivity index (χ1n) is 7.54. The van der Waals surface area contributed by atoms with Crippen LogP contribution in [-0.2, 0) is 6.42 Å². The van der Waals surface area contributed by atoms with Crippen LogP contribution in [0.15, 0.2) is 48.5 Å². The summed E-state index contributed by atoms with van der Waals surface area (Å²) in [6.07, 6.45) is 4.84. The van der Waals surface area contributed by atoms with Crippen molar-refractivity contribution >= 4 is 17.3 Å². The molecule has 0 atom stereocenters. The molecule has 0 aliphatic heterocycles. The van der Waals surface area contributed by atoms with E-state index in [9.17, 15) is 0 Å². The fourth-order valence-electron chi connectivity index (χ4n) is 2.15. The number of benzene rings is 2. The van der Waals surface area contributed by atoms with Crippen molar-refractivity contribution in [3.63, 3.8) is 0 Å². The van der Waals surface area contributed by atoms with Gasteiger partial charge in [-0.1, -0.05) is 44.0 Å². The number of unbranched alkanes of at least 4 members (excludes halogenated alkanes) is 2. The molecule has 0 saturated heterocycles. The Balaban J connectivity index is 1.95. The lowest BCUT2D eigenvalue weighted by atomic mass is 10.1. The average Bonchev–Trinajstić information content (AvgIpc) is 2.56. The maximum Gasteiger partial charge on any atom is 0.198 e. The largest absolute Gasteiger partial charge is 0.445 e. The van der Waals surface area contributed by atoms with E-state index in [0.29, 0.717) is 16.4 Å². The molecular formula is C19H19NOS. The van der Waals surface area contributed by atoms with Gasteiger partial charge in [0, 0.05) is 5.56 Å². The van der Waals surface area contributed by atoms with E-state index >= 15 is 0 Å². The first-order chi connectivity index (χ1) is 10.7. The standard InChI is InChI=1S/C19H19NOS/c1-2-3-4-5-15-6-10-17(11-7-15)19(22)21-18-12-8-16(14-20)9-13-18/h6-13H,2-5H2,1H3. The van der Waals surface area contributed by atoms with Crippen molar-refractivity contribution in [1.82, 2.24) is 0 Å². The van der Waals surface area contributed by atoms with Gasteiger partial charge >= 0.3 is 0 Å². The summed E-state index contributed by atoms with van der Waals surface area (Å²) in [4.78, 5) is 0. The molecule has 0 bridgehead atoms. The summed E-state index contributed by atoms with van der Waals surface area (Å²) in [5.41, 5.74) is 2.84. The van der Waals surface area contributed by atoms with E-state index in [-0.39, 0.29) is 0 Å². The third-order valence-corrected chi connectivity index (χ3v) is 3.77. The third kappa shape index (κ3) is 4.68. The summed E-state index contributed by atoms with van der Waals surface area (Å²) >= 11 is 5.33. The summed E-state index contributed by atoms with van der Waals surface area (Å²) in [5.74, 6) is 0.649. The highest BCUT2D eigenvalue weighted by Gasteiger charge is 2.04. The molecule has 2 aromatic rings. The minimum absolute atomic E-state index is 0.449. The molecular weight excluding hydrogens is 290 g/mol. The van der Waals surface area contributed by atoms with E-state index < -0.39 is 0 Å². The van der Waals surface area contributed by atoms with Crippen molar-refractivity contribution in [2.45, 2.75) is 32.6 Å². The van der Waals surface area contributed by atoms with Crippen LogP contribution in [0.3, 0.4) is 0 Å². The molecule has 0 amide bonds. The molecule has 2 rings (SSSR count). The maximum absolute atomic E-state index is 8.78. The van der Waals surface area contributed by atoms with Gasteiger partial charge < -0.3 is 4.74 Å². The molecule has 22 heavy (non-hydrogen) atoms. The summed E-state index contributed by atoms with van der Waals surface area (Å²) in [7, 11) is 0. The number of rotatable bonds is 6. The van der Waals surface area contributed by atoms with Crippen LogP contribution in [0.25, 0.3) is 0 Å². The second-order valence-corrected chi connectivity index (χ2v) is 5.55. The zero-order valence-electron chi connectivity index (χ0n) is 12.7. The molecule has 0 N–H and O–H groups in total. The Hall–Kier alpha value is -2.18. The predicted molar refractivity (Wildman–Crippen MR) is 93.2 cm³/mol. The van der Waals surface area contributed by atoms with Gasteiger partial charge in [-0.05, 0) is 54.9 Å². The molecule has 0 heterocycles. The Bertz CT molecular complexity index is 653. The average molecular weight is 309 g/mol. The van der Waals surface area contributed by atoms with Crippen LogP contribution in [0, 0.1) is 11.3 Å². The Morgan fingerprint density at radius 3 is 2.32 bits per heavy atom. The topological polar surface area (TPSA) is 33.0 Å². The monoisotopic (exact) mass is 309 g/mol. The highest BCUT2D eigenvalue weighted by molar-refractivity contribution is 7.80. The Labute approximate surface area is 137 Å². The SMILES string of the molecule is CCCCCc1ccc(C(=S)Oc2ccc(C#N)cc2)cc1. The summed E-state index contributed by atoms with van der Waals surface area (Å²) in [5, 5.41) is 9.22. The highest BCUT2D eigenvalue weighted by Crippen LogP contribution is 2.15. The minimum Gasteiger partial charge on any atom is -0.445 e. The van der Waals surface area contributed by atoms with Gasteiger partial charge in [0.15, 0.2) is 5.05 Å². The van der Waals surface area contributed by atoms with Crippen molar-refractivity contribution in [2.24, 2.45) is 0 Å². The summed E-state index contributed by atoms with van der Waals surface area (Å²) < 4.78 is 5.66. The number of aryl methyl sites for hydroxylation is 1. The highest BCUT2D eigenvalue weighted by atomic mass is 32.1. The second kappa shape index (κ2) is 8.31. The molecule has 0 saturated carbocycles. The van der Waals surface area contributed by atoms with Crippen molar-refractivity contribution in [3.05, 3.63) is 65.2 Å². The van der Waals surface area contributed by atoms with Gasteiger partial charge in [0.05, 0.1) is 11.6 Å². The Kier molecular flexibility index (Phi) is 6.12. The zero-order chi connectivity index (χ0) is 15.8. The van der Waals surface area contributed by atoms with E-state index in [1.54, 1.807) is 24.3 Å². The number of hydrogen-bond acceptors (Lipinski definition) is 3. The lowest BCUT2D eigenvalue weighted by Gasteiger charge is -2.08. The molecule has 2 aromatic carbocycles. The van der Waals surface area contributed by atoms with Crippen molar-refractivity contribution in [2.75, 3.05) is 0 Å². The maximum atomic E-state index is 8.78. The van der Waals surface area contributed by atoms with E-state index in [2.05, 4.69) is 25.1 Å². The van der Waals surface area contributed by atoms with Gasteiger partial charge in [0.25, 0.3) is 0 Å². The summed E-state index contributed by atoms with van der Waals surface area (Å²) in [6.45, 7) is 2.21. The quantitative estimate of drug-likeness (QED) is 0.553.